The summed E-state index contributed by atoms with van der Waals surface area (Å²) in [6.45, 7) is 8.66. The van der Waals surface area contributed by atoms with Crippen LogP contribution in [0.4, 0.5) is 0 Å². The van der Waals surface area contributed by atoms with E-state index in [9.17, 15) is 0 Å². The van der Waals surface area contributed by atoms with Crippen LogP contribution in [0.3, 0.4) is 0 Å². The summed E-state index contributed by atoms with van der Waals surface area (Å²) in [5.41, 5.74) is 2.06. The zero-order valence-electron chi connectivity index (χ0n) is 20.9. The molecule has 1 saturated heterocycles. The van der Waals surface area contributed by atoms with E-state index in [0.29, 0.717) is 19.8 Å². The summed E-state index contributed by atoms with van der Waals surface area (Å²) in [4.78, 5) is 9.50. The average molecular weight is 487 g/mol. The van der Waals surface area contributed by atoms with Crippen molar-refractivity contribution in [2.45, 2.75) is 57.5 Å². The molecule has 1 spiro atoms. The minimum absolute atomic E-state index is 0.0763. The third-order valence-corrected chi connectivity index (χ3v) is 12.1. The molecule has 0 saturated carbocycles. The van der Waals surface area contributed by atoms with Crippen LogP contribution in [0.2, 0.25) is 5.04 Å². The van der Waals surface area contributed by atoms with Gasteiger partial charge in [-0.1, -0.05) is 87.5 Å². The molecule has 1 aromatic heterocycles. The third-order valence-electron chi connectivity index (χ3n) is 7.10. The van der Waals surface area contributed by atoms with Crippen LogP contribution in [0, 0.1) is 0 Å². The molecule has 2 heterocycles. The number of nitrogens with zero attached hydrogens (tertiary/aromatic N) is 2. The molecule has 2 aliphatic rings. The number of allylic oxidation sites excluding steroid dienone is 1. The maximum atomic E-state index is 7.06. The lowest BCUT2D eigenvalue weighted by atomic mass is 9.93. The fraction of sp³-hybridized carbons (Fsp3) is 0.379. The molecule has 35 heavy (non-hydrogen) atoms. The summed E-state index contributed by atoms with van der Waals surface area (Å²) in [5.74, 6) is 0.342. The summed E-state index contributed by atoms with van der Waals surface area (Å²) in [6, 6.07) is 23.4. The molecule has 2 aromatic carbocycles. The summed E-state index contributed by atoms with van der Waals surface area (Å²) in [5, 5.41) is 2.46. The minimum atomic E-state index is -2.62. The Morgan fingerprint density at radius 2 is 1.54 bits per heavy atom. The lowest BCUT2D eigenvalue weighted by Crippen LogP contribution is -2.66. The normalized spacial score (nSPS) is 18.0. The van der Waals surface area contributed by atoms with E-state index < -0.39 is 14.1 Å². The van der Waals surface area contributed by atoms with Crippen molar-refractivity contribution in [3.8, 4) is 0 Å². The Morgan fingerprint density at radius 3 is 2.09 bits per heavy atom. The molecule has 0 amide bonds. The second kappa shape index (κ2) is 9.78. The largest absolute Gasteiger partial charge is 0.401 e. The Bertz CT molecular complexity index is 1130. The van der Waals surface area contributed by atoms with E-state index in [1.165, 1.54) is 10.4 Å². The molecule has 5 nitrogen and oxygen atoms in total. The monoisotopic (exact) mass is 486 g/mol. The van der Waals surface area contributed by atoms with Gasteiger partial charge in [0.25, 0.3) is 8.32 Å². The lowest BCUT2D eigenvalue weighted by Gasteiger charge is -2.43. The molecule has 1 aliphatic carbocycles. The van der Waals surface area contributed by atoms with Crippen molar-refractivity contribution in [2.24, 2.45) is 0 Å². The van der Waals surface area contributed by atoms with E-state index in [1.807, 2.05) is 12.3 Å². The molecule has 0 bridgehead atoms. The Kier molecular flexibility index (Phi) is 6.73. The summed E-state index contributed by atoms with van der Waals surface area (Å²) >= 11 is 0. The van der Waals surface area contributed by atoms with Crippen molar-refractivity contribution in [2.75, 3.05) is 13.2 Å². The second-order valence-electron chi connectivity index (χ2n) is 10.4. The molecule has 182 valence electrons. The first kappa shape index (κ1) is 24.1. The quantitative estimate of drug-likeness (QED) is 0.466. The van der Waals surface area contributed by atoms with Gasteiger partial charge in [0.2, 0.25) is 0 Å². The Balaban J connectivity index is 1.44. The van der Waals surface area contributed by atoms with Crippen molar-refractivity contribution in [1.82, 2.24) is 9.97 Å². The zero-order valence-corrected chi connectivity index (χ0v) is 21.9. The fourth-order valence-electron chi connectivity index (χ4n) is 5.35. The van der Waals surface area contributed by atoms with Crippen LogP contribution < -0.4 is 10.4 Å². The van der Waals surface area contributed by atoms with E-state index in [0.717, 1.165) is 36.4 Å². The molecular formula is C29H34N2O3Si. The van der Waals surface area contributed by atoms with Crippen molar-refractivity contribution >= 4 is 24.3 Å². The van der Waals surface area contributed by atoms with Crippen LogP contribution in [0.25, 0.3) is 5.57 Å². The van der Waals surface area contributed by atoms with Gasteiger partial charge < -0.3 is 13.9 Å². The Morgan fingerprint density at radius 1 is 0.914 bits per heavy atom. The van der Waals surface area contributed by atoms with Crippen LogP contribution in [-0.4, -0.2) is 37.3 Å². The van der Waals surface area contributed by atoms with Crippen LogP contribution in [0.1, 0.15) is 51.6 Å². The SMILES string of the molecule is CC(C)(C)[Si](OCc1ccnc(C2=CCC3(CC2)OCCO3)n1)(c1ccccc1)c1ccccc1. The predicted octanol–water partition coefficient (Wildman–Crippen LogP) is 4.86. The first-order valence-electron chi connectivity index (χ1n) is 12.5. The highest BCUT2D eigenvalue weighted by molar-refractivity contribution is 6.99. The highest BCUT2D eigenvalue weighted by Gasteiger charge is 2.50. The molecule has 0 atom stereocenters. The molecule has 5 rings (SSSR count). The Hall–Kier alpha value is -2.64. The molecular weight excluding hydrogens is 452 g/mol. The average Bonchev–Trinajstić information content (AvgIpc) is 3.33. The van der Waals surface area contributed by atoms with Gasteiger partial charge in [-0.05, 0) is 33.5 Å². The van der Waals surface area contributed by atoms with Gasteiger partial charge in [0, 0.05) is 19.0 Å². The number of rotatable bonds is 6. The van der Waals surface area contributed by atoms with Crippen LogP contribution in [-0.2, 0) is 20.5 Å². The number of hydrogen-bond acceptors (Lipinski definition) is 5. The predicted molar refractivity (Wildman–Crippen MR) is 141 cm³/mol. The first-order chi connectivity index (χ1) is 16.9. The van der Waals surface area contributed by atoms with Gasteiger partial charge in [0.1, 0.15) is 0 Å². The highest BCUT2D eigenvalue weighted by atomic mass is 28.4. The van der Waals surface area contributed by atoms with Gasteiger partial charge in [0.05, 0.1) is 25.5 Å². The van der Waals surface area contributed by atoms with Crippen molar-refractivity contribution in [3.63, 3.8) is 0 Å². The zero-order chi connectivity index (χ0) is 24.4. The van der Waals surface area contributed by atoms with Gasteiger partial charge in [-0.25, -0.2) is 9.97 Å². The van der Waals surface area contributed by atoms with E-state index >= 15 is 0 Å². The van der Waals surface area contributed by atoms with E-state index in [-0.39, 0.29) is 5.04 Å². The first-order valence-corrected chi connectivity index (χ1v) is 14.4. The van der Waals surface area contributed by atoms with Gasteiger partial charge in [-0.3, -0.25) is 0 Å². The van der Waals surface area contributed by atoms with Crippen molar-refractivity contribution in [3.05, 3.63) is 90.5 Å². The number of aromatic nitrogens is 2. The summed E-state index contributed by atoms with van der Waals surface area (Å²) < 4.78 is 18.8. The molecule has 1 aliphatic heterocycles. The third kappa shape index (κ3) is 4.76. The molecule has 6 heteroatoms. The highest BCUT2D eigenvalue weighted by Crippen LogP contribution is 2.38. The number of benzene rings is 2. The molecule has 1 fully saturated rings. The second-order valence-corrected chi connectivity index (χ2v) is 14.7. The summed E-state index contributed by atoms with van der Waals surface area (Å²) in [6.07, 6.45) is 6.45. The maximum Gasteiger partial charge on any atom is 0.261 e. The van der Waals surface area contributed by atoms with Crippen LogP contribution in [0.5, 0.6) is 0 Å². The standard InChI is InChI=1S/C29H34N2O3Si/c1-28(2,3)35(25-10-6-4-7-11-25,26-12-8-5-9-13-26)34-22-24-16-19-30-27(31-24)23-14-17-29(18-15-23)32-20-21-33-29/h4-14,16,19H,15,17-18,20-22H2,1-3H3. The van der Waals surface area contributed by atoms with E-state index in [4.69, 9.17) is 18.9 Å². The molecule has 0 radical (unpaired) electrons. The topological polar surface area (TPSA) is 53.5 Å². The van der Waals surface area contributed by atoms with Gasteiger partial charge >= 0.3 is 0 Å². The lowest BCUT2D eigenvalue weighted by molar-refractivity contribution is -0.159. The molecule has 3 aromatic rings. The van der Waals surface area contributed by atoms with Crippen molar-refractivity contribution < 1.29 is 13.9 Å². The van der Waals surface area contributed by atoms with Crippen molar-refractivity contribution in [1.29, 1.82) is 0 Å². The molecule has 0 N–H and O–H groups in total. The van der Waals surface area contributed by atoms with Gasteiger partial charge in [0.15, 0.2) is 11.6 Å². The smallest absolute Gasteiger partial charge is 0.261 e. The summed E-state index contributed by atoms with van der Waals surface area (Å²) in [7, 11) is -2.62. The van der Waals surface area contributed by atoms with Gasteiger partial charge in [-0.2, -0.15) is 0 Å². The van der Waals surface area contributed by atoms with Crippen LogP contribution in [0.15, 0.2) is 79.0 Å². The van der Waals surface area contributed by atoms with Gasteiger partial charge in [-0.15, -0.1) is 0 Å². The number of hydrogen-bond donors (Lipinski definition) is 0. The van der Waals surface area contributed by atoms with Crippen LogP contribution >= 0.6 is 0 Å². The minimum Gasteiger partial charge on any atom is -0.401 e. The maximum absolute atomic E-state index is 7.06. The molecule has 0 unspecified atom stereocenters. The fourth-order valence-corrected chi connectivity index (χ4v) is 9.87. The Labute approximate surface area is 209 Å². The van der Waals surface area contributed by atoms with E-state index in [1.54, 1.807) is 0 Å². The number of ether oxygens (including phenoxy) is 2. The van der Waals surface area contributed by atoms with E-state index in [2.05, 4.69) is 92.5 Å².